The van der Waals surface area contributed by atoms with Crippen LogP contribution >= 0.6 is 0 Å². The molecule has 0 bridgehead atoms. The van der Waals surface area contributed by atoms with Crippen molar-refractivity contribution < 1.29 is 95.8 Å². The summed E-state index contributed by atoms with van der Waals surface area (Å²) in [6.45, 7) is 14.5. The van der Waals surface area contributed by atoms with Crippen LogP contribution in [-0.2, 0) is 63.6 Å². The minimum atomic E-state index is -0.851. The van der Waals surface area contributed by atoms with Crippen molar-refractivity contribution in [3.63, 3.8) is 0 Å². The highest BCUT2D eigenvalue weighted by molar-refractivity contribution is 6.05. The molecule has 6 heterocycles. The summed E-state index contributed by atoms with van der Waals surface area (Å²) in [4.78, 5) is 89.2. The van der Waals surface area contributed by atoms with E-state index in [2.05, 4.69) is 46.5 Å². The van der Waals surface area contributed by atoms with Crippen LogP contribution in [0.15, 0.2) is 89.7 Å². The molecule has 5 amide bonds. The molecule has 11 rings (SSSR count). The van der Waals surface area contributed by atoms with E-state index in [1.165, 1.54) is 55.8 Å². The zero-order chi connectivity index (χ0) is 81.7. The van der Waals surface area contributed by atoms with Gasteiger partial charge in [0.25, 0.3) is 11.8 Å². The van der Waals surface area contributed by atoms with Gasteiger partial charge in [-0.25, -0.2) is 0 Å². The van der Waals surface area contributed by atoms with E-state index in [1.807, 2.05) is 61.3 Å². The number of hydrogen-bond donors (Lipinski definition) is 6. The summed E-state index contributed by atoms with van der Waals surface area (Å²) in [5.41, 5.74) is 7.55. The molecule has 1 saturated heterocycles. The third kappa shape index (κ3) is 25.7. The number of allylic oxidation sites excluding steroid dienone is 1. The first-order valence-corrected chi connectivity index (χ1v) is 41.9. The fourth-order valence-electron chi connectivity index (χ4n) is 15.4. The van der Waals surface area contributed by atoms with Crippen LogP contribution in [0.1, 0.15) is 198 Å². The van der Waals surface area contributed by atoms with Crippen LogP contribution in [0.5, 0.6) is 34.8 Å². The van der Waals surface area contributed by atoms with Crippen molar-refractivity contribution >= 4 is 52.8 Å². The van der Waals surface area contributed by atoms with Gasteiger partial charge in [-0.2, -0.15) is 0 Å². The molecule has 28 heteroatoms. The Morgan fingerprint density at radius 2 is 1.16 bits per heavy atom. The SMILES string of the molecule is COc1cc2c(cc1OCCCOc1cc3c(cc1OC)C(=O)N1C=C(C4CC4)CC1C=CCC3C)N=CC1CC(c3ccc(C4NC4CC(=O)C(C)NC(=O)C(NC(=O)CCOCCOCCOCCOCCOCCOCCOCCOCCNC(=O)CCn4c(O)cc(C5CCCCCCCC5)c4O)C(C)C)cc3)=CN1C2=O. The van der Waals surface area contributed by atoms with Gasteiger partial charge in [0.2, 0.25) is 17.7 Å². The van der Waals surface area contributed by atoms with Crippen molar-refractivity contribution in [2.75, 3.05) is 140 Å². The highest BCUT2D eigenvalue weighted by atomic mass is 16.6. The Bertz CT molecular complexity index is 4010. The van der Waals surface area contributed by atoms with Crippen LogP contribution in [0.2, 0.25) is 0 Å². The van der Waals surface area contributed by atoms with Crippen molar-refractivity contribution in [1.82, 2.24) is 35.6 Å². The number of amides is 5. The summed E-state index contributed by atoms with van der Waals surface area (Å²) in [7, 11) is 3.13. The molecule has 3 fully saturated rings. The summed E-state index contributed by atoms with van der Waals surface area (Å²) >= 11 is 0. The van der Waals surface area contributed by atoms with Gasteiger partial charge in [-0.1, -0.05) is 95.7 Å². The smallest absolute Gasteiger partial charge is 0.260 e. The molecule has 7 atom stereocenters. The van der Waals surface area contributed by atoms with Crippen molar-refractivity contribution in [3.8, 4) is 34.8 Å². The number of nitrogens with zero attached hydrogens (tertiary/aromatic N) is 4. The Morgan fingerprint density at radius 3 is 1.76 bits per heavy atom. The second-order valence-corrected chi connectivity index (χ2v) is 31.2. The van der Waals surface area contributed by atoms with Crippen LogP contribution in [0.4, 0.5) is 5.69 Å². The van der Waals surface area contributed by atoms with E-state index in [0.717, 1.165) is 66.4 Å². The average molecular weight is 1610 g/mol. The Hall–Kier alpha value is -8.71. The number of aliphatic imine (C=N–C) groups is 1. The molecule has 2 saturated carbocycles. The molecule has 0 radical (unpaired) electrons. The Kier molecular flexibility index (Phi) is 34.4. The molecule has 1 aromatic heterocycles. The number of Topliss-reactive ketones (excluding diaryl/α,β-unsaturated/α-hetero) is 1. The van der Waals surface area contributed by atoms with Gasteiger partial charge in [-0.05, 0) is 115 Å². The lowest BCUT2D eigenvalue weighted by Gasteiger charge is -2.23. The molecule has 7 aliphatic rings. The van der Waals surface area contributed by atoms with E-state index < -0.39 is 18.0 Å². The van der Waals surface area contributed by atoms with Gasteiger partial charge in [0.1, 0.15) is 6.04 Å². The van der Waals surface area contributed by atoms with Crippen LogP contribution in [0.25, 0.3) is 5.57 Å². The van der Waals surface area contributed by atoms with E-state index in [9.17, 15) is 39.0 Å². The highest BCUT2D eigenvalue weighted by Gasteiger charge is 2.42. The molecule has 4 aromatic rings. The minimum Gasteiger partial charge on any atom is -0.494 e. The molecule has 0 spiro atoms. The maximum Gasteiger partial charge on any atom is 0.260 e. The fourth-order valence-corrected chi connectivity index (χ4v) is 15.4. The molecule has 3 aromatic carbocycles. The third-order valence-electron chi connectivity index (χ3n) is 22.3. The number of benzene rings is 3. The number of methoxy groups -OCH3 is 2. The van der Waals surface area contributed by atoms with E-state index >= 15 is 0 Å². The van der Waals surface area contributed by atoms with Crippen LogP contribution in [0, 0.1) is 11.8 Å². The van der Waals surface area contributed by atoms with Crippen molar-refractivity contribution in [2.24, 2.45) is 16.8 Å². The topological polar surface area (TPSA) is 335 Å². The lowest BCUT2D eigenvalue weighted by molar-refractivity contribution is -0.132. The molecule has 28 nitrogen and oxygen atoms in total. The van der Waals surface area contributed by atoms with E-state index in [0.29, 0.717) is 164 Å². The summed E-state index contributed by atoms with van der Waals surface area (Å²) in [5, 5.41) is 33.3. The number of carbonyl (C=O) groups excluding carboxylic acids is 6. The number of fused-ring (bicyclic) bond motifs is 4. The van der Waals surface area contributed by atoms with Gasteiger partial charge in [0, 0.05) is 99.2 Å². The number of hydrogen-bond acceptors (Lipinski definition) is 22. The van der Waals surface area contributed by atoms with Gasteiger partial charge < -0.3 is 98.1 Å². The van der Waals surface area contributed by atoms with Crippen LogP contribution in [-0.4, -0.2) is 236 Å². The number of carbonyl (C=O) groups is 6. The Balaban J connectivity index is 0.478. The monoisotopic (exact) mass is 1610 g/mol. The standard InChI is InChI=1S/C88H122N8O20/c1-58(2)83(93-81(99)26-31-107-33-35-109-37-39-111-41-43-113-45-46-114-44-42-112-40-38-110-36-34-108-32-27-89-80(98)25-28-94-82(100)52-70(86(94)102)63-16-11-9-7-8-10-12-17-63)85(101)91-60(4)75(97)53-74-84(92-74)64-23-21-62(22-24-64)66-48-68-55-90-73-54-79(77(106-6)51-72(73)88(104)96(68)57-66)116-30-14-29-115-78-49-69-59(3)15-13-18-67-47-65(61-19-20-61)56-95(67)87(103)71(69)50-76(78)105-5/h13,18,21-24,49-52,54-61,63,67-68,74,83-84,92,100,102H,7-12,14-17,19-20,25-48,53H2,1-6H3,(H,89,98)(H,91,101)(H,93,99). The lowest BCUT2D eigenvalue weighted by atomic mass is 9.91. The molecule has 5 aliphatic heterocycles. The van der Waals surface area contributed by atoms with Gasteiger partial charge >= 0.3 is 0 Å². The summed E-state index contributed by atoms with van der Waals surface area (Å²) in [6.07, 6.45) is 24.8. The van der Waals surface area contributed by atoms with E-state index in [4.69, 9.17) is 61.8 Å². The quantitative estimate of drug-likeness (QED) is 0.0136. The molecule has 2 aliphatic carbocycles. The molecule has 634 valence electrons. The van der Waals surface area contributed by atoms with Gasteiger partial charge in [0.05, 0.1) is 163 Å². The van der Waals surface area contributed by atoms with Gasteiger partial charge in [-0.15, -0.1) is 0 Å². The third-order valence-corrected chi connectivity index (χ3v) is 22.3. The second-order valence-electron chi connectivity index (χ2n) is 31.2. The first-order chi connectivity index (χ1) is 56.5. The molecule has 6 N–H and O–H groups in total. The van der Waals surface area contributed by atoms with E-state index in [-0.39, 0.29) is 129 Å². The maximum atomic E-state index is 14.3. The number of ketones is 1. The maximum absolute atomic E-state index is 14.3. The zero-order valence-electron chi connectivity index (χ0n) is 68.6. The average Bonchev–Trinajstić information content (AvgIpc) is 1.55. The number of rotatable bonds is 49. The van der Waals surface area contributed by atoms with Crippen LogP contribution < -0.4 is 40.2 Å². The van der Waals surface area contributed by atoms with Crippen LogP contribution in [0.3, 0.4) is 0 Å². The lowest BCUT2D eigenvalue weighted by Crippen LogP contribution is -2.53. The minimum absolute atomic E-state index is 0.00776. The van der Waals surface area contributed by atoms with Crippen molar-refractivity contribution in [2.45, 2.75) is 191 Å². The number of ether oxygens (including phenoxy) is 12. The number of nitrogens with one attached hydrogen (secondary N) is 4. The Morgan fingerprint density at radius 1 is 0.586 bits per heavy atom. The van der Waals surface area contributed by atoms with Crippen molar-refractivity contribution in [1.29, 1.82) is 0 Å². The molecule has 7 unspecified atom stereocenters. The number of aromatic hydroxyl groups is 2. The second kappa shape index (κ2) is 45.3. The van der Waals surface area contributed by atoms with Gasteiger partial charge in [-0.3, -0.25) is 38.3 Å². The predicted octanol–water partition coefficient (Wildman–Crippen LogP) is 10.9. The summed E-state index contributed by atoms with van der Waals surface area (Å²) in [6, 6.07) is 14.9. The zero-order valence-corrected chi connectivity index (χ0v) is 68.6. The normalized spacial score (nSPS) is 19.8. The predicted molar refractivity (Wildman–Crippen MR) is 436 cm³/mol. The van der Waals surface area contributed by atoms with Gasteiger partial charge in [0.15, 0.2) is 40.5 Å². The first-order valence-electron chi connectivity index (χ1n) is 41.9. The first kappa shape index (κ1) is 88.1. The number of aromatic nitrogens is 1. The molecular weight excluding hydrogens is 1490 g/mol. The molecule has 116 heavy (non-hydrogen) atoms. The summed E-state index contributed by atoms with van der Waals surface area (Å²) in [5.74, 6) is 1.33. The molecular formula is C88H122N8O20. The fraction of sp³-hybridized carbons (Fsp3) is 0.602. The largest absolute Gasteiger partial charge is 0.494 e. The Labute approximate surface area is 682 Å². The van der Waals surface area contributed by atoms with Crippen molar-refractivity contribution in [3.05, 3.63) is 118 Å². The summed E-state index contributed by atoms with van der Waals surface area (Å²) < 4.78 is 70.1. The highest BCUT2D eigenvalue weighted by Crippen LogP contribution is 2.46. The van der Waals surface area contributed by atoms with E-state index in [1.54, 1.807) is 43.3 Å².